The lowest BCUT2D eigenvalue weighted by molar-refractivity contribution is 0.136. The van der Waals surface area contributed by atoms with Gasteiger partial charge in [0.15, 0.2) is 5.82 Å². The molecule has 0 unspecified atom stereocenters. The number of piperidine rings is 1. The van der Waals surface area contributed by atoms with Gasteiger partial charge >= 0.3 is 6.03 Å². The van der Waals surface area contributed by atoms with Gasteiger partial charge in [0.25, 0.3) is 0 Å². The zero-order valence-electron chi connectivity index (χ0n) is 21.7. The van der Waals surface area contributed by atoms with E-state index in [1.807, 2.05) is 9.80 Å². The first-order valence-corrected chi connectivity index (χ1v) is 14.3. The predicted octanol–water partition coefficient (Wildman–Crippen LogP) is 7.06. The number of amides is 2. The number of anilines is 2. The van der Waals surface area contributed by atoms with Crippen LogP contribution >= 0.6 is 11.6 Å². The fraction of sp³-hybridized carbons (Fsp3) is 0.467. The summed E-state index contributed by atoms with van der Waals surface area (Å²) in [5.41, 5.74) is 4.18. The van der Waals surface area contributed by atoms with Gasteiger partial charge < -0.3 is 9.80 Å². The van der Waals surface area contributed by atoms with Crippen LogP contribution in [0.2, 0.25) is 5.02 Å². The van der Waals surface area contributed by atoms with Crippen molar-refractivity contribution in [2.24, 2.45) is 0 Å². The molecule has 2 amide bonds. The first-order valence-electron chi connectivity index (χ1n) is 13.9. The number of halogens is 2. The Bertz CT molecular complexity index is 1350. The molecular weight excluding hydrogens is 501 g/mol. The normalized spacial score (nSPS) is 22.2. The zero-order chi connectivity index (χ0) is 26.0. The molecule has 198 valence electrons. The third kappa shape index (κ3) is 4.15. The van der Waals surface area contributed by atoms with Crippen LogP contribution < -0.4 is 9.80 Å². The molecule has 0 radical (unpaired) electrons. The highest BCUT2D eigenvalue weighted by molar-refractivity contribution is 6.33. The van der Waals surface area contributed by atoms with Gasteiger partial charge in [0.2, 0.25) is 0 Å². The predicted molar refractivity (Wildman–Crippen MR) is 147 cm³/mol. The van der Waals surface area contributed by atoms with Crippen molar-refractivity contribution in [2.75, 3.05) is 22.9 Å². The van der Waals surface area contributed by atoms with Crippen molar-refractivity contribution in [3.05, 3.63) is 76.2 Å². The van der Waals surface area contributed by atoms with Gasteiger partial charge in [0, 0.05) is 30.9 Å². The number of carbonyl (C=O) groups excluding carboxylic acids is 1. The van der Waals surface area contributed by atoms with E-state index in [2.05, 4.69) is 47.0 Å². The molecule has 7 rings (SSSR count). The second-order valence-corrected chi connectivity index (χ2v) is 11.7. The van der Waals surface area contributed by atoms with Gasteiger partial charge in [-0.1, -0.05) is 41.9 Å². The summed E-state index contributed by atoms with van der Waals surface area (Å²) in [6, 6.07) is 13.9. The number of benzene rings is 2. The van der Waals surface area contributed by atoms with Gasteiger partial charge in [0.1, 0.15) is 5.82 Å². The highest BCUT2D eigenvalue weighted by Crippen LogP contribution is 2.45. The second kappa shape index (κ2) is 9.30. The third-order valence-electron chi connectivity index (χ3n) is 8.75. The van der Waals surface area contributed by atoms with Gasteiger partial charge in [-0.25, -0.2) is 9.18 Å². The molecular formula is C30H33ClFN5O. The first-order chi connectivity index (χ1) is 18.5. The standard InChI is InChI=1S/C30H33ClFN5O/c1-19-25-18-36(22-11-12-22)33-29(25)35(17-21-5-2-3-6-24(21)20-9-10-20)30(38)37(19)23-13-15-34(16-14-23)28-26(31)7-4-8-27(28)32/h2-8,18-20,22-23H,9-17H2,1H3/t19-/m1/s1. The van der Waals surface area contributed by atoms with E-state index in [0.717, 1.165) is 37.1 Å². The number of urea groups is 1. The molecule has 0 N–H and O–H groups in total. The molecule has 2 aliphatic carbocycles. The minimum Gasteiger partial charge on any atom is -0.368 e. The molecule has 2 aromatic carbocycles. The van der Waals surface area contributed by atoms with Crippen LogP contribution in [0.15, 0.2) is 48.7 Å². The molecule has 8 heteroatoms. The van der Waals surface area contributed by atoms with Crippen molar-refractivity contribution in [2.45, 2.75) is 76.0 Å². The highest BCUT2D eigenvalue weighted by Gasteiger charge is 2.43. The lowest BCUT2D eigenvalue weighted by Gasteiger charge is -2.46. The van der Waals surface area contributed by atoms with E-state index in [9.17, 15) is 9.18 Å². The average Bonchev–Trinajstić information content (AvgIpc) is 3.86. The molecule has 4 aliphatic rings. The Balaban J connectivity index is 1.18. The van der Waals surface area contributed by atoms with E-state index in [0.29, 0.717) is 42.3 Å². The number of hydrogen-bond donors (Lipinski definition) is 0. The summed E-state index contributed by atoms with van der Waals surface area (Å²) in [5, 5.41) is 5.40. The van der Waals surface area contributed by atoms with E-state index in [1.54, 1.807) is 12.1 Å². The molecule has 1 atom stereocenters. The van der Waals surface area contributed by atoms with Crippen LogP contribution in [-0.2, 0) is 6.54 Å². The van der Waals surface area contributed by atoms with Gasteiger partial charge in [-0.3, -0.25) is 9.58 Å². The van der Waals surface area contributed by atoms with Crippen molar-refractivity contribution in [1.29, 1.82) is 0 Å². The number of para-hydroxylation sites is 1. The molecule has 0 spiro atoms. The van der Waals surface area contributed by atoms with E-state index < -0.39 is 0 Å². The van der Waals surface area contributed by atoms with Crippen LogP contribution in [0.3, 0.4) is 0 Å². The van der Waals surface area contributed by atoms with Crippen molar-refractivity contribution in [3.63, 3.8) is 0 Å². The molecule has 2 aliphatic heterocycles. The van der Waals surface area contributed by atoms with Crippen LogP contribution in [0.25, 0.3) is 0 Å². The van der Waals surface area contributed by atoms with Crippen LogP contribution in [0.5, 0.6) is 0 Å². The molecule has 3 aromatic rings. The zero-order valence-corrected chi connectivity index (χ0v) is 22.4. The lowest BCUT2D eigenvalue weighted by atomic mass is 9.97. The summed E-state index contributed by atoms with van der Waals surface area (Å²) in [4.78, 5) is 20.3. The van der Waals surface area contributed by atoms with E-state index in [1.165, 1.54) is 30.0 Å². The lowest BCUT2D eigenvalue weighted by Crippen LogP contribution is -2.55. The summed E-state index contributed by atoms with van der Waals surface area (Å²) in [6.07, 6.45) is 8.44. The smallest absolute Gasteiger partial charge is 0.326 e. The molecule has 6 nitrogen and oxygen atoms in total. The molecule has 3 fully saturated rings. The van der Waals surface area contributed by atoms with Crippen molar-refractivity contribution in [3.8, 4) is 0 Å². The summed E-state index contributed by atoms with van der Waals surface area (Å²) < 4.78 is 16.7. The fourth-order valence-electron chi connectivity index (χ4n) is 6.39. The first kappa shape index (κ1) is 24.0. The van der Waals surface area contributed by atoms with Crippen LogP contribution in [0.4, 0.5) is 20.7 Å². The molecule has 1 saturated heterocycles. The minimum atomic E-state index is -0.295. The van der Waals surface area contributed by atoms with Gasteiger partial charge in [-0.05, 0) is 74.6 Å². The maximum absolute atomic E-state index is 14.6. The topological polar surface area (TPSA) is 44.6 Å². The monoisotopic (exact) mass is 533 g/mol. The number of hydrogen-bond acceptors (Lipinski definition) is 3. The number of rotatable bonds is 6. The number of carbonyl (C=O) groups is 1. The number of aromatic nitrogens is 2. The fourth-order valence-corrected chi connectivity index (χ4v) is 6.67. The van der Waals surface area contributed by atoms with E-state index >= 15 is 0 Å². The Kier molecular flexibility index (Phi) is 5.87. The van der Waals surface area contributed by atoms with E-state index in [4.69, 9.17) is 16.7 Å². The summed E-state index contributed by atoms with van der Waals surface area (Å²) in [6.45, 7) is 3.97. The Morgan fingerprint density at radius 2 is 1.71 bits per heavy atom. The molecule has 0 bridgehead atoms. The second-order valence-electron chi connectivity index (χ2n) is 11.3. The molecule has 3 heterocycles. The maximum atomic E-state index is 14.6. The minimum absolute atomic E-state index is 0.0269. The quantitative estimate of drug-likeness (QED) is 0.340. The van der Waals surface area contributed by atoms with Crippen molar-refractivity contribution >= 4 is 29.1 Å². The molecule has 2 saturated carbocycles. The largest absolute Gasteiger partial charge is 0.368 e. The van der Waals surface area contributed by atoms with E-state index in [-0.39, 0.29) is 23.9 Å². The summed E-state index contributed by atoms with van der Waals surface area (Å²) in [5.74, 6) is 1.13. The Morgan fingerprint density at radius 1 is 0.947 bits per heavy atom. The average molecular weight is 534 g/mol. The summed E-state index contributed by atoms with van der Waals surface area (Å²) >= 11 is 6.36. The Morgan fingerprint density at radius 3 is 2.42 bits per heavy atom. The van der Waals surface area contributed by atoms with Crippen LogP contribution in [0, 0.1) is 5.82 Å². The Hall–Kier alpha value is -3.06. The van der Waals surface area contributed by atoms with Crippen molar-refractivity contribution < 1.29 is 9.18 Å². The van der Waals surface area contributed by atoms with Gasteiger partial charge in [0.05, 0.1) is 29.3 Å². The third-order valence-corrected chi connectivity index (χ3v) is 9.05. The molecule has 1 aromatic heterocycles. The number of fused-ring (bicyclic) bond motifs is 1. The Labute approximate surface area is 228 Å². The SMILES string of the molecule is C[C@@H]1c2cn(C3CC3)nc2N(Cc2ccccc2C2CC2)C(=O)N1C1CCN(c2c(F)cccc2Cl)CC1. The highest BCUT2D eigenvalue weighted by atomic mass is 35.5. The van der Waals surface area contributed by atoms with Crippen LogP contribution in [-0.4, -0.2) is 39.8 Å². The van der Waals surface area contributed by atoms with Gasteiger partial charge in [-0.2, -0.15) is 5.10 Å². The molecule has 38 heavy (non-hydrogen) atoms. The van der Waals surface area contributed by atoms with Crippen molar-refractivity contribution in [1.82, 2.24) is 14.7 Å². The summed E-state index contributed by atoms with van der Waals surface area (Å²) in [7, 11) is 0. The maximum Gasteiger partial charge on any atom is 0.326 e. The van der Waals surface area contributed by atoms with Gasteiger partial charge in [-0.15, -0.1) is 0 Å². The number of nitrogens with zero attached hydrogens (tertiary/aromatic N) is 5. The van der Waals surface area contributed by atoms with Crippen LogP contribution in [0.1, 0.15) is 80.1 Å².